The smallest absolute Gasteiger partial charge is 0.239 e. The average molecular weight is 334 g/mol. The molecular weight excluding hydrogens is 312 g/mol. The molecule has 0 saturated carbocycles. The molecule has 0 spiro atoms. The summed E-state index contributed by atoms with van der Waals surface area (Å²) in [6.45, 7) is 4.80. The van der Waals surface area contributed by atoms with Crippen LogP contribution < -0.4 is 5.32 Å². The number of aromatic nitrogens is 1. The highest BCUT2D eigenvalue weighted by Gasteiger charge is 2.21. The van der Waals surface area contributed by atoms with Crippen LogP contribution in [0, 0.1) is 6.92 Å². The quantitative estimate of drug-likeness (QED) is 0.699. The Balaban J connectivity index is 2.07. The third-order valence-electron chi connectivity index (χ3n) is 4.37. The van der Waals surface area contributed by atoms with Gasteiger partial charge in [0.05, 0.1) is 5.56 Å². The zero-order chi connectivity index (χ0) is 17.8. The number of carbonyl (C=O) groups is 2. The second kappa shape index (κ2) is 7.34. The molecule has 1 heterocycles. The van der Waals surface area contributed by atoms with Gasteiger partial charge in [0.25, 0.3) is 0 Å². The van der Waals surface area contributed by atoms with Gasteiger partial charge in [0.15, 0.2) is 5.78 Å². The number of hydrogen-bond acceptors (Lipinski definition) is 2. The zero-order valence-corrected chi connectivity index (χ0v) is 14.6. The second-order valence-corrected chi connectivity index (χ2v) is 6.11. The van der Waals surface area contributed by atoms with Crippen molar-refractivity contribution in [1.82, 2.24) is 9.88 Å². The number of benzene rings is 2. The van der Waals surface area contributed by atoms with Crippen molar-refractivity contribution >= 4 is 22.6 Å². The topological polar surface area (TPSA) is 51.1 Å². The molecule has 1 N–H and O–H groups in total. The molecule has 128 valence electrons. The predicted octanol–water partition coefficient (Wildman–Crippen LogP) is 3.71. The van der Waals surface area contributed by atoms with Gasteiger partial charge in [-0.15, -0.1) is 0 Å². The zero-order valence-electron chi connectivity index (χ0n) is 14.6. The number of hydrogen-bond donors (Lipinski definition) is 1. The maximum Gasteiger partial charge on any atom is 0.239 e. The van der Waals surface area contributed by atoms with Crippen molar-refractivity contribution in [3.63, 3.8) is 0 Å². The van der Waals surface area contributed by atoms with E-state index in [0.717, 1.165) is 23.0 Å². The molecule has 0 fully saturated rings. The van der Waals surface area contributed by atoms with Crippen LogP contribution in [0.15, 0.2) is 54.6 Å². The number of rotatable bonds is 6. The summed E-state index contributed by atoms with van der Waals surface area (Å²) in [6, 6.07) is 17.0. The predicted molar refractivity (Wildman–Crippen MR) is 99.9 cm³/mol. The molecule has 4 nitrogen and oxygen atoms in total. The molecular formula is C21H22N2O2. The third-order valence-corrected chi connectivity index (χ3v) is 4.37. The van der Waals surface area contributed by atoms with E-state index in [2.05, 4.69) is 5.32 Å². The summed E-state index contributed by atoms with van der Waals surface area (Å²) in [7, 11) is 0. The van der Waals surface area contributed by atoms with Crippen molar-refractivity contribution in [2.24, 2.45) is 0 Å². The lowest BCUT2D eigenvalue weighted by atomic mass is 10.0. The normalized spacial score (nSPS) is 10.8. The maximum absolute atomic E-state index is 13.0. The molecule has 0 aliphatic rings. The fourth-order valence-electron chi connectivity index (χ4n) is 3.12. The van der Waals surface area contributed by atoms with Gasteiger partial charge in [0.2, 0.25) is 5.91 Å². The molecule has 1 amide bonds. The van der Waals surface area contributed by atoms with E-state index in [1.54, 1.807) is 0 Å². The molecule has 4 heteroatoms. The number of nitrogens with one attached hydrogen (secondary N) is 1. The first-order valence-electron chi connectivity index (χ1n) is 8.57. The highest BCUT2D eigenvalue weighted by atomic mass is 16.2. The minimum absolute atomic E-state index is 0.0120. The summed E-state index contributed by atoms with van der Waals surface area (Å²) in [5.41, 5.74) is 3.06. The van der Waals surface area contributed by atoms with Gasteiger partial charge in [0, 0.05) is 28.7 Å². The Morgan fingerprint density at radius 1 is 1.00 bits per heavy atom. The Bertz CT molecular complexity index is 910. The Hall–Kier alpha value is -2.88. The van der Waals surface area contributed by atoms with Crippen molar-refractivity contribution in [1.29, 1.82) is 0 Å². The first-order valence-corrected chi connectivity index (χ1v) is 8.57. The van der Waals surface area contributed by atoms with E-state index < -0.39 is 0 Å². The Kier molecular flexibility index (Phi) is 4.98. The molecule has 3 aromatic rings. The lowest BCUT2D eigenvalue weighted by Gasteiger charge is -2.09. The summed E-state index contributed by atoms with van der Waals surface area (Å²) < 4.78 is 1.93. The first kappa shape index (κ1) is 17.0. The van der Waals surface area contributed by atoms with Crippen LogP contribution in [0.25, 0.3) is 10.9 Å². The standard InChI is InChI=1S/C21H22N2O2/c1-3-13-22-19(24)14-23-15(2)20(17-11-7-8-12-18(17)23)21(25)16-9-5-4-6-10-16/h4-12H,3,13-14H2,1-2H3,(H,22,24). The molecule has 1 aromatic heterocycles. The van der Waals surface area contributed by atoms with E-state index in [-0.39, 0.29) is 18.2 Å². The monoisotopic (exact) mass is 334 g/mol. The summed E-state index contributed by atoms with van der Waals surface area (Å²) in [5, 5.41) is 3.78. The van der Waals surface area contributed by atoms with E-state index in [1.807, 2.05) is 73.0 Å². The summed E-state index contributed by atoms with van der Waals surface area (Å²) in [5.74, 6) is -0.0496. The first-order chi connectivity index (χ1) is 12.1. The molecule has 0 radical (unpaired) electrons. The van der Waals surface area contributed by atoms with Gasteiger partial charge in [-0.2, -0.15) is 0 Å². The van der Waals surface area contributed by atoms with Crippen molar-refractivity contribution in [3.8, 4) is 0 Å². The van der Waals surface area contributed by atoms with Crippen LogP contribution in [0.5, 0.6) is 0 Å². The van der Waals surface area contributed by atoms with Crippen LogP contribution in [-0.4, -0.2) is 22.8 Å². The molecule has 0 saturated heterocycles. The van der Waals surface area contributed by atoms with Gasteiger partial charge < -0.3 is 9.88 Å². The fourth-order valence-corrected chi connectivity index (χ4v) is 3.12. The number of amides is 1. The van der Waals surface area contributed by atoms with Crippen molar-refractivity contribution in [2.45, 2.75) is 26.8 Å². The van der Waals surface area contributed by atoms with E-state index in [0.29, 0.717) is 17.7 Å². The summed E-state index contributed by atoms with van der Waals surface area (Å²) in [4.78, 5) is 25.2. The van der Waals surface area contributed by atoms with Crippen LogP contribution in [0.3, 0.4) is 0 Å². The molecule has 0 atom stereocenters. The van der Waals surface area contributed by atoms with Gasteiger partial charge in [-0.05, 0) is 19.4 Å². The van der Waals surface area contributed by atoms with E-state index in [4.69, 9.17) is 0 Å². The largest absolute Gasteiger partial charge is 0.355 e. The molecule has 3 rings (SSSR count). The number of fused-ring (bicyclic) bond motifs is 1. The second-order valence-electron chi connectivity index (χ2n) is 6.11. The SMILES string of the molecule is CCCNC(=O)Cn1c(C)c(C(=O)c2ccccc2)c2ccccc21. The number of para-hydroxylation sites is 1. The van der Waals surface area contributed by atoms with Crippen LogP contribution in [0.1, 0.15) is 35.0 Å². The minimum Gasteiger partial charge on any atom is -0.355 e. The number of nitrogens with zero attached hydrogens (tertiary/aromatic N) is 1. The van der Waals surface area contributed by atoms with E-state index in [9.17, 15) is 9.59 Å². The number of carbonyl (C=O) groups excluding carboxylic acids is 2. The molecule has 0 aliphatic carbocycles. The van der Waals surface area contributed by atoms with Crippen LogP contribution in [0.2, 0.25) is 0 Å². The molecule has 0 unspecified atom stereocenters. The van der Waals surface area contributed by atoms with Gasteiger partial charge in [-0.3, -0.25) is 9.59 Å². The van der Waals surface area contributed by atoms with Crippen LogP contribution in [0.4, 0.5) is 0 Å². The van der Waals surface area contributed by atoms with Crippen molar-refractivity contribution in [2.75, 3.05) is 6.54 Å². The van der Waals surface area contributed by atoms with E-state index in [1.165, 1.54) is 0 Å². The Morgan fingerprint density at radius 3 is 2.40 bits per heavy atom. The minimum atomic E-state index is -0.0376. The molecule has 25 heavy (non-hydrogen) atoms. The van der Waals surface area contributed by atoms with Crippen LogP contribution >= 0.6 is 0 Å². The fraction of sp³-hybridized carbons (Fsp3) is 0.238. The Morgan fingerprint density at radius 2 is 1.68 bits per heavy atom. The van der Waals surface area contributed by atoms with Gasteiger partial charge in [0.1, 0.15) is 6.54 Å². The average Bonchev–Trinajstić information content (AvgIpc) is 2.92. The molecule has 0 aliphatic heterocycles. The van der Waals surface area contributed by atoms with Crippen LogP contribution in [-0.2, 0) is 11.3 Å². The lowest BCUT2D eigenvalue weighted by molar-refractivity contribution is -0.121. The van der Waals surface area contributed by atoms with Crippen molar-refractivity contribution < 1.29 is 9.59 Å². The van der Waals surface area contributed by atoms with E-state index >= 15 is 0 Å². The van der Waals surface area contributed by atoms with Gasteiger partial charge >= 0.3 is 0 Å². The van der Waals surface area contributed by atoms with Crippen molar-refractivity contribution in [3.05, 3.63) is 71.4 Å². The summed E-state index contributed by atoms with van der Waals surface area (Å²) >= 11 is 0. The highest BCUT2D eigenvalue weighted by molar-refractivity contribution is 6.17. The molecule has 0 bridgehead atoms. The third kappa shape index (κ3) is 3.33. The molecule has 2 aromatic carbocycles. The maximum atomic E-state index is 13.0. The van der Waals surface area contributed by atoms with Gasteiger partial charge in [-0.25, -0.2) is 0 Å². The number of ketones is 1. The van der Waals surface area contributed by atoms with Gasteiger partial charge in [-0.1, -0.05) is 55.5 Å². The Labute approximate surface area is 147 Å². The lowest BCUT2D eigenvalue weighted by Crippen LogP contribution is -2.28. The summed E-state index contributed by atoms with van der Waals surface area (Å²) in [6.07, 6.45) is 0.898. The highest BCUT2D eigenvalue weighted by Crippen LogP contribution is 2.28.